The topological polar surface area (TPSA) is 55.8 Å². The van der Waals surface area contributed by atoms with Crippen LogP contribution in [0.25, 0.3) is 0 Å². The molecule has 2 amide bonds. The van der Waals surface area contributed by atoms with Crippen LogP contribution in [-0.2, 0) is 6.54 Å². The number of piperazine rings is 1. The molecule has 2 rings (SSSR count). The third-order valence-electron chi connectivity index (χ3n) is 3.82. The van der Waals surface area contributed by atoms with E-state index in [1.54, 1.807) is 12.1 Å². The van der Waals surface area contributed by atoms with E-state index in [0.717, 1.165) is 18.7 Å². The number of nitrogens with zero attached hydrogens (tertiary/aromatic N) is 2. The first kappa shape index (κ1) is 17.3. The third kappa shape index (κ3) is 4.49. The zero-order chi connectivity index (χ0) is 16.1. The van der Waals surface area contributed by atoms with Gasteiger partial charge in [0.2, 0.25) is 0 Å². The molecular weight excluding hydrogens is 325 g/mol. The number of halogens is 2. The Kier molecular flexibility index (Phi) is 6.32. The Hall–Kier alpha value is -1.01. The molecule has 1 fully saturated rings. The fraction of sp³-hybridized carbons (Fsp3) is 0.533. The maximum absolute atomic E-state index is 12.3. The zero-order valence-corrected chi connectivity index (χ0v) is 14.1. The number of hydrogen-bond acceptors (Lipinski definition) is 3. The summed E-state index contributed by atoms with van der Waals surface area (Å²) >= 11 is 11.8. The first-order valence-electron chi connectivity index (χ1n) is 7.33. The van der Waals surface area contributed by atoms with Gasteiger partial charge in [0.1, 0.15) is 0 Å². The molecule has 122 valence electrons. The smallest absolute Gasteiger partial charge is 0.317 e. The SMILES string of the molecule is CC1CN(CCO)CCN1C(=O)NCc1ccc(Cl)c(Cl)c1. The van der Waals surface area contributed by atoms with E-state index in [1.165, 1.54) is 0 Å². The van der Waals surface area contributed by atoms with Crippen LogP contribution >= 0.6 is 23.2 Å². The molecule has 1 unspecified atom stereocenters. The number of hydrogen-bond donors (Lipinski definition) is 2. The van der Waals surface area contributed by atoms with Crippen molar-refractivity contribution < 1.29 is 9.90 Å². The number of β-amino-alcohol motifs (C(OH)–C–C–N with tert-alkyl or cyclic N) is 1. The molecule has 1 aliphatic heterocycles. The van der Waals surface area contributed by atoms with Gasteiger partial charge in [0, 0.05) is 38.8 Å². The molecule has 1 heterocycles. The Bertz CT molecular complexity index is 528. The minimum atomic E-state index is -0.0813. The van der Waals surface area contributed by atoms with E-state index in [4.69, 9.17) is 28.3 Å². The molecule has 5 nitrogen and oxygen atoms in total. The predicted octanol–water partition coefficient (Wildman–Crippen LogP) is 2.20. The van der Waals surface area contributed by atoms with Crippen LogP contribution in [-0.4, -0.2) is 59.8 Å². The Morgan fingerprint density at radius 2 is 2.14 bits per heavy atom. The van der Waals surface area contributed by atoms with E-state index in [9.17, 15) is 4.79 Å². The summed E-state index contributed by atoms with van der Waals surface area (Å²) in [6.07, 6.45) is 0. The number of amides is 2. The number of urea groups is 1. The summed E-state index contributed by atoms with van der Waals surface area (Å²) in [4.78, 5) is 16.3. The fourth-order valence-corrected chi connectivity index (χ4v) is 2.93. The molecule has 0 saturated carbocycles. The van der Waals surface area contributed by atoms with Gasteiger partial charge in [-0.3, -0.25) is 4.90 Å². The van der Waals surface area contributed by atoms with Gasteiger partial charge in [0.05, 0.1) is 16.7 Å². The van der Waals surface area contributed by atoms with Crippen molar-refractivity contribution in [3.63, 3.8) is 0 Å². The molecule has 0 aromatic heterocycles. The summed E-state index contributed by atoms with van der Waals surface area (Å²) in [5, 5.41) is 12.9. The standard InChI is InChI=1S/C15H21Cl2N3O2/c1-11-10-19(6-7-21)4-5-20(11)15(22)18-9-12-2-3-13(16)14(17)8-12/h2-3,8,11,21H,4-7,9-10H2,1H3,(H,18,22). The molecule has 0 radical (unpaired) electrons. The average Bonchev–Trinajstić information content (AvgIpc) is 2.48. The van der Waals surface area contributed by atoms with E-state index < -0.39 is 0 Å². The molecule has 1 aromatic carbocycles. The maximum Gasteiger partial charge on any atom is 0.317 e. The lowest BCUT2D eigenvalue weighted by atomic mass is 10.2. The van der Waals surface area contributed by atoms with Crippen LogP contribution in [0.5, 0.6) is 0 Å². The van der Waals surface area contributed by atoms with Crippen LogP contribution < -0.4 is 5.32 Å². The van der Waals surface area contributed by atoms with Crippen LogP contribution in [0.4, 0.5) is 4.79 Å². The fourth-order valence-electron chi connectivity index (χ4n) is 2.61. The highest BCUT2D eigenvalue weighted by Gasteiger charge is 2.26. The minimum absolute atomic E-state index is 0.0813. The normalized spacial score (nSPS) is 19.3. The molecule has 0 aliphatic carbocycles. The van der Waals surface area contributed by atoms with Crippen molar-refractivity contribution >= 4 is 29.2 Å². The van der Waals surface area contributed by atoms with Crippen molar-refractivity contribution in [1.29, 1.82) is 0 Å². The number of benzene rings is 1. The molecule has 2 N–H and O–H groups in total. The molecule has 22 heavy (non-hydrogen) atoms. The van der Waals surface area contributed by atoms with Crippen LogP contribution in [0, 0.1) is 0 Å². The Balaban J connectivity index is 1.85. The van der Waals surface area contributed by atoms with Gasteiger partial charge in [-0.1, -0.05) is 29.3 Å². The van der Waals surface area contributed by atoms with Gasteiger partial charge in [0.15, 0.2) is 0 Å². The second-order valence-electron chi connectivity index (χ2n) is 5.47. The second kappa shape index (κ2) is 8.02. The Morgan fingerprint density at radius 3 is 2.77 bits per heavy atom. The summed E-state index contributed by atoms with van der Waals surface area (Å²) < 4.78 is 0. The van der Waals surface area contributed by atoms with E-state index in [-0.39, 0.29) is 18.7 Å². The predicted molar refractivity (Wildman–Crippen MR) is 88.4 cm³/mol. The molecular formula is C15H21Cl2N3O2. The van der Waals surface area contributed by atoms with Gasteiger partial charge in [-0.25, -0.2) is 4.79 Å². The lowest BCUT2D eigenvalue weighted by molar-refractivity contribution is 0.0888. The van der Waals surface area contributed by atoms with E-state index in [2.05, 4.69) is 10.2 Å². The van der Waals surface area contributed by atoms with Gasteiger partial charge in [0.25, 0.3) is 0 Å². The lowest BCUT2D eigenvalue weighted by Crippen LogP contribution is -2.56. The Morgan fingerprint density at radius 1 is 1.36 bits per heavy atom. The van der Waals surface area contributed by atoms with Crippen molar-refractivity contribution in [2.24, 2.45) is 0 Å². The summed E-state index contributed by atoms with van der Waals surface area (Å²) in [6, 6.07) is 5.36. The van der Waals surface area contributed by atoms with Crippen LogP contribution in [0.15, 0.2) is 18.2 Å². The second-order valence-corrected chi connectivity index (χ2v) is 6.29. The first-order valence-corrected chi connectivity index (χ1v) is 8.08. The Labute approximate surface area is 140 Å². The van der Waals surface area contributed by atoms with Gasteiger partial charge in [-0.05, 0) is 24.6 Å². The van der Waals surface area contributed by atoms with Crippen molar-refractivity contribution in [3.05, 3.63) is 33.8 Å². The third-order valence-corrected chi connectivity index (χ3v) is 4.56. The molecule has 0 bridgehead atoms. The van der Waals surface area contributed by atoms with Crippen molar-refractivity contribution in [2.75, 3.05) is 32.8 Å². The highest BCUT2D eigenvalue weighted by Crippen LogP contribution is 2.22. The average molecular weight is 346 g/mol. The van der Waals surface area contributed by atoms with E-state index in [0.29, 0.717) is 29.7 Å². The van der Waals surface area contributed by atoms with Crippen molar-refractivity contribution in [2.45, 2.75) is 19.5 Å². The number of carbonyl (C=O) groups is 1. The van der Waals surface area contributed by atoms with Crippen LogP contribution in [0.3, 0.4) is 0 Å². The summed E-state index contributed by atoms with van der Waals surface area (Å²) in [7, 11) is 0. The number of aliphatic hydroxyl groups is 1. The van der Waals surface area contributed by atoms with Crippen LogP contribution in [0.2, 0.25) is 10.0 Å². The summed E-state index contributed by atoms with van der Waals surface area (Å²) in [5.41, 5.74) is 0.911. The number of rotatable bonds is 4. The molecule has 7 heteroatoms. The van der Waals surface area contributed by atoms with Gasteiger partial charge in [-0.2, -0.15) is 0 Å². The van der Waals surface area contributed by atoms with E-state index >= 15 is 0 Å². The maximum atomic E-state index is 12.3. The highest BCUT2D eigenvalue weighted by molar-refractivity contribution is 6.42. The largest absolute Gasteiger partial charge is 0.395 e. The van der Waals surface area contributed by atoms with Gasteiger partial charge in [-0.15, -0.1) is 0 Å². The lowest BCUT2D eigenvalue weighted by Gasteiger charge is -2.39. The molecule has 1 saturated heterocycles. The van der Waals surface area contributed by atoms with Crippen molar-refractivity contribution in [3.8, 4) is 0 Å². The molecule has 0 spiro atoms. The van der Waals surface area contributed by atoms with Gasteiger partial charge < -0.3 is 15.3 Å². The van der Waals surface area contributed by atoms with Crippen LogP contribution in [0.1, 0.15) is 12.5 Å². The van der Waals surface area contributed by atoms with E-state index in [1.807, 2.05) is 17.9 Å². The first-order chi connectivity index (χ1) is 10.5. The molecule has 1 aliphatic rings. The quantitative estimate of drug-likeness (QED) is 0.879. The summed E-state index contributed by atoms with van der Waals surface area (Å²) in [5.74, 6) is 0. The number of nitrogens with one attached hydrogen (secondary N) is 1. The molecule has 1 atom stereocenters. The van der Waals surface area contributed by atoms with Gasteiger partial charge >= 0.3 is 6.03 Å². The van der Waals surface area contributed by atoms with Crippen molar-refractivity contribution in [1.82, 2.24) is 15.1 Å². The highest BCUT2D eigenvalue weighted by atomic mass is 35.5. The zero-order valence-electron chi connectivity index (χ0n) is 12.6. The molecule has 1 aromatic rings. The summed E-state index contributed by atoms with van der Waals surface area (Å²) in [6.45, 7) is 5.46. The number of carbonyl (C=O) groups excluding carboxylic acids is 1. The number of aliphatic hydroxyl groups excluding tert-OH is 1. The minimum Gasteiger partial charge on any atom is -0.395 e. The monoisotopic (exact) mass is 345 g/mol.